The molecule has 0 spiro atoms. The molecule has 0 bridgehead atoms. The molecule has 2 aromatic heterocycles. The van der Waals surface area contributed by atoms with Crippen molar-refractivity contribution in [3.05, 3.63) is 54.0 Å². The zero-order valence-electron chi connectivity index (χ0n) is 29.5. The Morgan fingerprint density at radius 1 is 0.979 bits per heavy atom. The van der Waals surface area contributed by atoms with Gasteiger partial charge in [0.15, 0.2) is 0 Å². The number of piperidine rings is 1. The number of likely N-dealkylation sites (N-methyl/N-ethyl adjacent to an activating group) is 1. The molecule has 2 N–H and O–H groups in total. The van der Waals surface area contributed by atoms with Gasteiger partial charge in [0.1, 0.15) is 17.1 Å². The Hall–Kier alpha value is -3.87. The van der Waals surface area contributed by atoms with Crippen molar-refractivity contribution in [1.82, 2.24) is 29.7 Å². The summed E-state index contributed by atoms with van der Waals surface area (Å²) in [4.78, 5) is 26.6. The molecule has 4 aromatic rings. The summed E-state index contributed by atoms with van der Waals surface area (Å²) >= 11 is 1.62. The van der Waals surface area contributed by atoms with Gasteiger partial charge < -0.3 is 29.5 Å². The highest BCUT2D eigenvalue weighted by molar-refractivity contribution is 7.99. The highest BCUT2D eigenvalue weighted by Crippen LogP contribution is 2.39. The molecule has 0 unspecified atom stereocenters. The summed E-state index contributed by atoms with van der Waals surface area (Å²) in [5, 5.41) is 7.13. The lowest BCUT2D eigenvalue weighted by molar-refractivity contribution is 0.0982. The number of ether oxygens (including phenoxy) is 1. The van der Waals surface area contributed by atoms with E-state index in [1.165, 1.54) is 50.3 Å². The Morgan fingerprint density at radius 3 is 2.42 bits per heavy atom. The highest BCUT2D eigenvalue weighted by Gasteiger charge is 2.28. The third-order valence-electron chi connectivity index (χ3n) is 9.78. The molecule has 12 heteroatoms. The van der Waals surface area contributed by atoms with Gasteiger partial charge in [-0.05, 0) is 56.0 Å². The summed E-state index contributed by atoms with van der Waals surface area (Å²) in [7, 11) is 5.99. The van der Waals surface area contributed by atoms with Crippen molar-refractivity contribution >= 4 is 57.5 Å². The second kappa shape index (κ2) is 15.1. The van der Waals surface area contributed by atoms with Crippen molar-refractivity contribution in [2.75, 3.05) is 86.6 Å². The summed E-state index contributed by atoms with van der Waals surface area (Å²) in [5.74, 6) is 2.25. The lowest BCUT2D eigenvalue weighted by Crippen LogP contribution is -2.52. The van der Waals surface area contributed by atoms with Gasteiger partial charge in [0.25, 0.3) is 0 Å². The quantitative estimate of drug-likeness (QED) is 0.170. The van der Waals surface area contributed by atoms with E-state index in [1.807, 2.05) is 31.6 Å². The normalized spacial score (nSPS) is 16.5. The van der Waals surface area contributed by atoms with Crippen LogP contribution in [-0.2, 0) is 6.42 Å². The second-order valence-corrected chi connectivity index (χ2v) is 14.0. The molecule has 2 aliphatic heterocycles. The molecule has 0 saturated carbocycles. The number of piperazine rings is 1. The third kappa shape index (κ3) is 7.25. The number of hydrogen-bond donors (Lipinski definition) is 2. The first-order chi connectivity index (χ1) is 23.3. The van der Waals surface area contributed by atoms with E-state index in [1.54, 1.807) is 31.5 Å². The van der Waals surface area contributed by atoms with Gasteiger partial charge >= 0.3 is 0 Å². The van der Waals surface area contributed by atoms with E-state index in [0.717, 1.165) is 64.7 Å². The van der Waals surface area contributed by atoms with Gasteiger partial charge in [-0.15, -0.1) is 0 Å². The Kier molecular flexibility index (Phi) is 10.7. The first-order valence-electron chi connectivity index (χ1n) is 17.1. The Labute approximate surface area is 289 Å². The molecule has 0 aliphatic carbocycles. The largest absolute Gasteiger partial charge is 0.494 e. The Bertz CT molecular complexity index is 1700. The van der Waals surface area contributed by atoms with E-state index < -0.39 is 0 Å². The fraction of sp³-hybridized carbons (Fsp3) is 0.500. The van der Waals surface area contributed by atoms with Crippen LogP contribution in [0.4, 0.5) is 34.5 Å². The number of nitrogens with one attached hydrogen (secondary N) is 2. The van der Waals surface area contributed by atoms with Gasteiger partial charge in [0.05, 0.1) is 29.7 Å². The number of benzene rings is 2. The first-order valence-corrected chi connectivity index (χ1v) is 18.3. The fourth-order valence-electron chi connectivity index (χ4n) is 6.87. The van der Waals surface area contributed by atoms with Crippen molar-refractivity contribution in [2.45, 2.75) is 52.0 Å². The summed E-state index contributed by atoms with van der Waals surface area (Å²) in [6.07, 6.45) is 10.7. The average Bonchev–Trinajstić information content (AvgIpc) is 3.11. The predicted octanol–water partition coefficient (Wildman–Crippen LogP) is 6.53. The van der Waals surface area contributed by atoms with Crippen LogP contribution in [-0.4, -0.2) is 103 Å². The molecule has 48 heavy (non-hydrogen) atoms. The first kappa shape index (κ1) is 34.0. The van der Waals surface area contributed by atoms with Gasteiger partial charge in [0.2, 0.25) is 5.95 Å². The van der Waals surface area contributed by atoms with Crippen LogP contribution in [0.1, 0.15) is 50.7 Å². The van der Waals surface area contributed by atoms with E-state index in [2.05, 4.69) is 79.6 Å². The van der Waals surface area contributed by atoms with Crippen molar-refractivity contribution < 1.29 is 4.74 Å². The van der Waals surface area contributed by atoms with Gasteiger partial charge in [-0.1, -0.05) is 32.7 Å². The van der Waals surface area contributed by atoms with E-state index in [0.29, 0.717) is 12.0 Å². The Morgan fingerprint density at radius 2 is 1.73 bits per heavy atom. The zero-order chi connectivity index (χ0) is 33.8. The number of methoxy groups -OCH3 is 1. The maximum Gasteiger partial charge on any atom is 0.229 e. The van der Waals surface area contributed by atoms with Crippen molar-refractivity contribution in [3.8, 4) is 5.75 Å². The van der Waals surface area contributed by atoms with Crippen LogP contribution >= 0.6 is 11.9 Å². The van der Waals surface area contributed by atoms with Crippen molar-refractivity contribution in [3.63, 3.8) is 0 Å². The maximum atomic E-state index is 5.96. The molecule has 4 heterocycles. The fourth-order valence-corrected chi connectivity index (χ4v) is 7.24. The van der Waals surface area contributed by atoms with Crippen LogP contribution < -0.4 is 24.6 Å². The number of aromatic nitrogens is 4. The van der Waals surface area contributed by atoms with Crippen LogP contribution in [0, 0.1) is 0 Å². The molecule has 2 aliphatic rings. The van der Waals surface area contributed by atoms with E-state index in [-0.39, 0.29) is 5.92 Å². The number of aryl methyl sites for hydroxylation is 1. The zero-order valence-corrected chi connectivity index (χ0v) is 30.3. The maximum absolute atomic E-state index is 5.96. The minimum absolute atomic E-state index is 0.212. The summed E-state index contributed by atoms with van der Waals surface area (Å²) in [5.41, 5.74) is 7.96. The molecule has 0 amide bonds. The average molecular weight is 671 g/mol. The predicted molar refractivity (Wildman–Crippen MR) is 201 cm³/mol. The molecule has 2 saturated heterocycles. The van der Waals surface area contributed by atoms with Crippen molar-refractivity contribution in [2.24, 2.45) is 0 Å². The molecule has 0 atom stereocenters. The Balaban J connectivity index is 1.25. The van der Waals surface area contributed by atoms with Crippen LogP contribution in [0.3, 0.4) is 0 Å². The SMILES string of the molecule is CCc1cc(Nc2ncc(C(C)C)c(Nc3ccc4nccnc4c3N(C)SC)n2)c(OC)cc1N1CCC(N2CCN(C)CC2)CC1. The smallest absolute Gasteiger partial charge is 0.229 e. The number of fused-ring (bicyclic) bond motifs is 1. The molecule has 6 rings (SSSR count). The van der Waals surface area contributed by atoms with E-state index in [4.69, 9.17) is 14.7 Å². The molecule has 11 nitrogen and oxygen atoms in total. The van der Waals surface area contributed by atoms with Crippen LogP contribution in [0.5, 0.6) is 5.75 Å². The van der Waals surface area contributed by atoms with E-state index >= 15 is 0 Å². The van der Waals surface area contributed by atoms with Crippen LogP contribution in [0.25, 0.3) is 11.0 Å². The summed E-state index contributed by atoms with van der Waals surface area (Å²) in [6.45, 7) is 13.3. The molecule has 0 radical (unpaired) electrons. The second-order valence-electron chi connectivity index (χ2n) is 13.1. The number of hydrogen-bond acceptors (Lipinski definition) is 12. The standard InChI is InChI=1S/C36H50N10OS/c1-8-25-21-30(32(47-6)22-31(25)46-15-11-26(12-16-46)45-19-17-43(4)18-20-45)41-36-39-23-27(24(2)3)35(42-36)40-29-10-9-28-33(38-14-13-37-28)34(29)44(5)48-7/h9-10,13-14,21-24,26H,8,11-12,15-20H2,1-7H3,(H2,39,40,41,42). The number of nitrogens with zero attached hydrogens (tertiary/aromatic N) is 8. The highest BCUT2D eigenvalue weighted by atomic mass is 32.2. The monoisotopic (exact) mass is 670 g/mol. The third-order valence-corrected chi connectivity index (χ3v) is 10.5. The van der Waals surface area contributed by atoms with Crippen LogP contribution in [0.2, 0.25) is 0 Å². The lowest BCUT2D eigenvalue weighted by Gasteiger charge is -2.43. The van der Waals surface area contributed by atoms with Gasteiger partial charge in [-0.3, -0.25) is 14.9 Å². The molecule has 2 fully saturated rings. The minimum atomic E-state index is 0.212. The van der Waals surface area contributed by atoms with Gasteiger partial charge in [0, 0.05) is 94.5 Å². The molecular weight excluding hydrogens is 621 g/mol. The summed E-state index contributed by atoms with van der Waals surface area (Å²) in [6, 6.07) is 9.12. The summed E-state index contributed by atoms with van der Waals surface area (Å²) < 4.78 is 8.06. The number of rotatable bonds is 11. The minimum Gasteiger partial charge on any atom is -0.494 e. The van der Waals surface area contributed by atoms with Gasteiger partial charge in [-0.25, -0.2) is 4.98 Å². The molecule has 256 valence electrons. The lowest BCUT2D eigenvalue weighted by atomic mass is 9.99. The topological polar surface area (TPSA) is 97.8 Å². The number of anilines is 6. The molecule has 2 aromatic carbocycles. The van der Waals surface area contributed by atoms with E-state index in [9.17, 15) is 0 Å². The van der Waals surface area contributed by atoms with Crippen molar-refractivity contribution in [1.29, 1.82) is 0 Å². The van der Waals surface area contributed by atoms with Crippen LogP contribution in [0.15, 0.2) is 42.9 Å². The molecular formula is C36H50N10OS. The van der Waals surface area contributed by atoms with Gasteiger partial charge in [-0.2, -0.15) is 4.98 Å².